The van der Waals surface area contributed by atoms with Gasteiger partial charge in [0.1, 0.15) is 0 Å². The standard InChI is InChI=1S/C12H19BN2O5/c14-11(12(18)15-10(6-16)7-17)5-8-1-3-9(4-2-8)13(19)20/h1-4,10-11,16-17,19-20H,5-7,14H2,(H,15,18). The summed E-state index contributed by atoms with van der Waals surface area (Å²) in [6.45, 7) is -0.726. The maximum atomic E-state index is 11.7. The maximum Gasteiger partial charge on any atom is 0.488 e. The van der Waals surface area contributed by atoms with Gasteiger partial charge >= 0.3 is 7.12 Å². The van der Waals surface area contributed by atoms with Gasteiger partial charge in [0.25, 0.3) is 0 Å². The van der Waals surface area contributed by atoms with Gasteiger partial charge in [-0.25, -0.2) is 0 Å². The van der Waals surface area contributed by atoms with Crippen molar-refractivity contribution in [3.8, 4) is 0 Å². The predicted molar refractivity (Wildman–Crippen MR) is 74.0 cm³/mol. The minimum atomic E-state index is -1.53. The quantitative estimate of drug-likeness (QED) is 0.290. The molecule has 0 radical (unpaired) electrons. The molecule has 110 valence electrons. The first-order valence-corrected chi connectivity index (χ1v) is 6.20. The van der Waals surface area contributed by atoms with Crippen LogP contribution < -0.4 is 16.5 Å². The van der Waals surface area contributed by atoms with Crippen molar-refractivity contribution in [1.29, 1.82) is 0 Å². The summed E-state index contributed by atoms with van der Waals surface area (Å²) >= 11 is 0. The van der Waals surface area contributed by atoms with E-state index in [1.807, 2.05) is 0 Å². The molecule has 1 aromatic carbocycles. The Morgan fingerprint density at radius 2 is 1.75 bits per heavy atom. The second kappa shape index (κ2) is 7.98. The summed E-state index contributed by atoms with van der Waals surface area (Å²) in [5.74, 6) is -0.468. The van der Waals surface area contributed by atoms with Gasteiger partial charge in [-0.15, -0.1) is 0 Å². The van der Waals surface area contributed by atoms with E-state index >= 15 is 0 Å². The Hall–Kier alpha value is -1.45. The van der Waals surface area contributed by atoms with Crippen LogP contribution in [0.3, 0.4) is 0 Å². The predicted octanol–water partition coefficient (Wildman–Crippen LogP) is -3.29. The van der Waals surface area contributed by atoms with Crippen LogP contribution >= 0.6 is 0 Å². The smallest absolute Gasteiger partial charge is 0.423 e. The number of rotatable bonds is 7. The van der Waals surface area contributed by atoms with Gasteiger partial charge in [0.05, 0.1) is 25.3 Å². The zero-order valence-electron chi connectivity index (χ0n) is 10.9. The Bertz CT molecular complexity index is 422. The summed E-state index contributed by atoms with van der Waals surface area (Å²) in [5, 5.41) is 38.1. The molecular formula is C12H19BN2O5. The Balaban J connectivity index is 2.56. The summed E-state index contributed by atoms with van der Waals surface area (Å²) in [7, 11) is -1.53. The fourth-order valence-corrected chi connectivity index (χ4v) is 1.63. The highest BCUT2D eigenvalue weighted by atomic mass is 16.4. The first-order valence-electron chi connectivity index (χ1n) is 6.20. The molecule has 0 saturated carbocycles. The third kappa shape index (κ3) is 4.91. The van der Waals surface area contributed by atoms with Gasteiger partial charge in [0.15, 0.2) is 0 Å². The van der Waals surface area contributed by atoms with Crippen LogP contribution in [0.25, 0.3) is 0 Å². The van der Waals surface area contributed by atoms with E-state index in [4.69, 9.17) is 26.0 Å². The van der Waals surface area contributed by atoms with E-state index in [2.05, 4.69) is 5.32 Å². The number of hydrogen-bond acceptors (Lipinski definition) is 6. The van der Waals surface area contributed by atoms with Crippen LogP contribution in [0, 0.1) is 0 Å². The van der Waals surface area contributed by atoms with Gasteiger partial charge in [-0.05, 0) is 17.4 Å². The van der Waals surface area contributed by atoms with Crippen molar-refractivity contribution >= 4 is 18.5 Å². The molecular weight excluding hydrogens is 263 g/mol. The van der Waals surface area contributed by atoms with E-state index in [1.54, 1.807) is 12.1 Å². The molecule has 7 nitrogen and oxygen atoms in total. The lowest BCUT2D eigenvalue weighted by Crippen LogP contribution is -2.49. The lowest BCUT2D eigenvalue weighted by molar-refractivity contribution is -0.123. The van der Waals surface area contributed by atoms with Crippen LogP contribution in [0.1, 0.15) is 5.56 Å². The fourth-order valence-electron chi connectivity index (χ4n) is 1.63. The van der Waals surface area contributed by atoms with Crippen molar-refractivity contribution < 1.29 is 25.1 Å². The third-order valence-corrected chi connectivity index (χ3v) is 2.86. The average Bonchev–Trinajstić information content (AvgIpc) is 2.44. The van der Waals surface area contributed by atoms with Crippen LogP contribution in [0.5, 0.6) is 0 Å². The molecule has 0 fully saturated rings. The molecule has 1 aromatic rings. The number of amides is 1. The molecule has 1 amide bonds. The first kappa shape index (κ1) is 16.6. The number of nitrogens with two attached hydrogens (primary N) is 1. The van der Waals surface area contributed by atoms with Crippen LogP contribution in [-0.2, 0) is 11.2 Å². The highest BCUT2D eigenvalue weighted by Crippen LogP contribution is 2.02. The second-order valence-corrected chi connectivity index (χ2v) is 4.50. The van der Waals surface area contributed by atoms with E-state index in [-0.39, 0.29) is 19.6 Å². The maximum absolute atomic E-state index is 11.7. The zero-order chi connectivity index (χ0) is 15.1. The summed E-state index contributed by atoms with van der Waals surface area (Å²) in [4.78, 5) is 11.7. The van der Waals surface area contributed by atoms with Crippen LogP contribution in [0.15, 0.2) is 24.3 Å². The zero-order valence-corrected chi connectivity index (χ0v) is 10.9. The van der Waals surface area contributed by atoms with Crippen molar-refractivity contribution in [3.05, 3.63) is 29.8 Å². The molecule has 8 heteroatoms. The van der Waals surface area contributed by atoms with Crippen LogP contribution in [0.4, 0.5) is 0 Å². The summed E-state index contributed by atoms with van der Waals surface area (Å²) < 4.78 is 0. The largest absolute Gasteiger partial charge is 0.488 e. The van der Waals surface area contributed by atoms with Crippen LogP contribution in [0.2, 0.25) is 0 Å². The molecule has 0 spiro atoms. The fraction of sp³-hybridized carbons (Fsp3) is 0.417. The van der Waals surface area contributed by atoms with Gasteiger partial charge in [0.2, 0.25) is 5.91 Å². The van der Waals surface area contributed by atoms with E-state index < -0.39 is 25.1 Å². The number of aliphatic hydroxyl groups excluding tert-OH is 2. The topological polar surface area (TPSA) is 136 Å². The van der Waals surface area contributed by atoms with Gasteiger partial charge in [-0.3, -0.25) is 4.79 Å². The number of benzene rings is 1. The number of nitrogens with one attached hydrogen (secondary N) is 1. The van der Waals surface area contributed by atoms with Crippen molar-refractivity contribution in [3.63, 3.8) is 0 Å². The molecule has 20 heavy (non-hydrogen) atoms. The number of aliphatic hydroxyl groups is 2. The molecule has 0 aliphatic heterocycles. The number of carbonyl (C=O) groups excluding carboxylic acids is 1. The minimum absolute atomic E-state index is 0.261. The van der Waals surface area contributed by atoms with Crippen molar-refractivity contribution in [2.24, 2.45) is 5.73 Å². The van der Waals surface area contributed by atoms with Gasteiger partial charge in [-0.2, -0.15) is 0 Å². The van der Waals surface area contributed by atoms with Crippen LogP contribution in [-0.4, -0.2) is 58.6 Å². The molecule has 0 heterocycles. The van der Waals surface area contributed by atoms with Gasteiger partial charge < -0.3 is 31.3 Å². The molecule has 1 unspecified atom stereocenters. The van der Waals surface area contributed by atoms with Gasteiger partial charge in [0, 0.05) is 0 Å². The SMILES string of the molecule is NC(Cc1ccc(B(O)O)cc1)C(=O)NC(CO)CO. The normalized spacial score (nSPS) is 12.3. The number of carbonyl (C=O) groups is 1. The summed E-state index contributed by atoms with van der Waals surface area (Å²) in [6.07, 6.45) is 0.261. The monoisotopic (exact) mass is 282 g/mol. The van der Waals surface area contributed by atoms with Crippen molar-refractivity contribution in [2.45, 2.75) is 18.5 Å². The molecule has 0 aliphatic rings. The average molecular weight is 282 g/mol. The molecule has 1 atom stereocenters. The molecule has 0 aromatic heterocycles. The third-order valence-electron chi connectivity index (χ3n) is 2.86. The highest BCUT2D eigenvalue weighted by Gasteiger charge is 2.18. The molecule has 0 bridgehead atoms. The molecule has 0 saturated heterocycles. The van der Waals surface area contributed by atoms with E-state index in [0.29, 0.717) is 5.46 Å². The highest BCUT2D eigenvalue weighted by molar-refractivity contribution is 6.58. The molecule has 1 rings (SSSR count). The first-order chi connectivity index (χ1) is 9.47. The minimum Gasteiger partial charge on any atom is -0.423 e. The Kier molecular flexibility index (Phi) is 6.63. The van der Waals surface area contributed by atoms with Crippen molar-refractivity contribution in [2.75, 3.05) is 13.2 Å². The number of hydrogen-bond donors (Lipinski definition) is 6. The van der Waals surface area contributed by atoms with E-state index in [1.165, 1.54) is 12.1 Å². The lowest BCUT2D eigenvalue weighted by atomic mass is 9.80. The van der Waals surface area contributed by atoms with E-state index in [0.717, 1.165) is 5.56 Å². The molecule has 0 aliphatic carbocycles. The lowest BCUT2D eigenvalue weighted by Gasteiger charge is -2.17. The van der Waals surface area contributed by atoms with Crippen molar-refractivity contribution in [1.82, 2.24) is 5.32 Å². The molecule has 7 N–H and O–H groups in total. The summed E-state index contributed by atoms with van der Waals surface area (Å²) in [6, 6.07) is 4.83. The Morgan fingerprint density at radius 1 is 1.20 bits per heavy atom. The summed E-state index contributed by atoms with van der Waals surface area (Å²) in [5.41, 5.74) is 6.85. The van der Waals surface area contributed by atoms with E-state index in [9.17, 15) is 4.79 Å². The van der Waals surface area contributed by atoms with Gasteiger partial charge in [-0.1, -0.05) is 24.3 Å². The Morgan fingerprint density at radius 3 is 2.20 bits per heavy atom. The second-order valence-electron chi connectivity index (χ2n) is 4.50. The Labute approximate surface area is 117 Å².